The van der Waals surface area contributed by atoms with Gasteiger partial charge in [-0.05, 0) is 38.5 Å². The normalized spacial score (nSPS) is 10.3. The second kappa shape index (κ2) is 6.39. The fraction of sp³-hybridized carbons (Fsp3) is 0.235. The fourth-order valence-corrected chi connectivity index (χ4v) is 2.30. The number of carboxylic acid groups (broad SMARTS) is 1. The van der Waals surface area contributed by atoms with Crippen LogP contribution in [0.5, 0.6) is 0 Å². The third-order valence-electron chi connectivity index (χ3n) is 3.34. The zero-order valence-electron chi connectivity index (χ0n) is 12.8. The molecule has 2 aromatic rings. The Bertz CT molecular complexity index is 739. The summed E-state index contributed by atoms with van der Waals surface area (Å²) in [4.78, 5) is 27.3. The van der Waals surface area contributed by atoms with E-state index < -0.39 is 18.4 Å². The molecule has 0 atom stereocenters. The van der Waals surface area contributed by atoms with Gasteiger partial charge in [-0.15, -0.1) is 0 Å². The number of carbonyl (C=O) groups is 2. The van der Waals surface area contributed by atoms with Crippen LogP contribution < -0.4 is 5.32 Å². The number of nitrogens with zero attached hydrogens (tertiary/aromatic N) is 1. The highest BCUT2D eigenvalue weighted by atomic mass is 16.4. The Morgan fingerprint density at radius 1 is 1.18 bits per heavy atom. The summed E-state index contributed by atoms with van der Waals surface area (Å²) >= 11 is 0. The van der Waals surface area contributed by atoms with Crippen molar-refractivity contribution in [3.8, 4) is 11.3 Å². The number of carbonyl (C=O) groups excluding carboxylic acids is 1. The molecule has 0 saturated heterocycles. The quantitative estimate of drug-likeness (QED) is 0.909. The minimum Gasteiger partial charge on any atom is -0.480 e. The summed E-state index contributed by atoms with van der Waals surface area (Å²) < 4.78 is 0. The Hall–Kier alpha value is -2.69. The molecule has 0 fully saturated rings. The zero-order chi connectivity index (χ0) is 16.3. The van der Waals surface area contributed by atoms with Crippen LogP contribution in [0.1, 0.15) is 27.2 Å². The molecule has 2 rings (SSSR count). The van der Waals surface area contributed by atoms with E-state index in [1.807, 2.05) is 45.0 Å². The van der Waals surface area contributed by atoms with Gasteiger partial charge in [0.1, 0.15) is 6.54 Å². The first kappa shape index (κ1) is 15.7. The molecule has 22 heavy (non-hydrogen) atoms. The lowest BCUT2D eigenvalue weighted by molar-refractivity contribution is -0.135. The minimum absolute atomic E-state index is 0.403. The van der Waals surface area contributed by atoms with Gasteiger partial charge in [0.2, 0.25) is 0 Å². The number of hydrogen-bond acceptors (Lipinski definition) is 3. The van der Waals surface area contributed by atoms with Gasteiger partial charge in [0.25, 0.3) is 5.91 Å². The summed E-state index contributed by atoms with van der Waals surface area (Å²) in [5.41, 5.74) is 4.68. The van der Waals surface area contributed by atoms with E-state index in [0.717, 1.165) is 22.4 Å². The van der Waals surface area contributed by atoms with Gasteiger partial charge in [-0.3, -0.25) is 14.6 Å². The Balaban J connectivity index is 2.45. The van der Waals surface area contributed by atoms with Crippen molar-refractivity contribution >= 4 is 11.9 Å². The van der Waals surface area contributed by atoms with Gasteiger partial charge in [0, 0.05) is 16.8 Å². The maximum absolute atomic E-state index is 12.2. The minimum atomic E-state index is -1.07. The van der Waals surface area contributed by atoms with Crippen LogP contribution in [0.3, 0.4) is 0 Å². The van der Waals surface area contributed by atoms with Gasteiger partial charge < -0.3 is 10.4 Å². The molecule has 0 unspecified atom stereocenters. The summed E-state index contributed by atoms with van der Waals surface area (Å²) in [6.45, 7) is 5.22. The molecule has 1 heterocycles. The van der Waals surface area contributed by atoms with E-state index in [1.165, 1.54) is 0 Å². The van der Waals surface area contributed by atoms with E-state index in [2.05, 4.69) is 10.3 Å². The van der Waals surface area contributed by atoms with Gasteiger partial charge in [-0.25, -0.2) is 0 Å². The Kier molecular flexibility index (Phi) is 4.56. The van der Waals surface area contributed by atoms with Gasteiger partial charge >= 0.3 is 5.97 Å². The van der Waals surface area contributed by atoms with E-state index in [1.54, 1.807) is 6.07 Å². The largest absolute Gasteiger partial charge is 0.480 e. The molecule has 114 valence electrons. The number of benzene rings is 1. The SMILES string of the molecule is Cc1cccc(-c2nc(C)cc(C(=O)NCC(=O)O)c2C)c1. The molecule has 0 aliphatic heterocycles. The van der Waals surface area contributed by atoms with E-state index in [4.69, 9.17) is 5.11 Å². The topological polar surface area (TPSA) is 79.3 Å². The summed E-state index contributed by atoms with van der Waals surface area (Å²) in [6, 6.07) is 9.56. The van der Waals surface area contributed by atoms with Crippen LogP contribution in [0.15, 0.2) is 30.3 Å². The van der Waals surface area contributed by atoms with Gasteiger partial charge in [0.05, 0.1) is 5.69 Å². The van der Waals surface area contributed by atoms with Gasteiger partial charge in [-0.2, -0.15) is 0 Å². The predicted octanol–water partition coefficient (Wildman–Crippen LogP) is 2.49. The van der Waals surface area contributed by atoms with E-state index in [9.17, 15) is 9.59 Å². The number of nitrogens with one attached hydrogen (secondary N) is 1. The lowest BCUT2D eigenvalue weighted by Crippen LogP contribution is -2.30. The van der Waals surface area contributed by atoms with E-state index in [0.29, 0.717) is 11.3 Å². The maximum atomic E-state index is 12.2. The lowest BCUT2D eigenvalue weighted by Gasteiger charge is -2.12. The monoisotopic (exact) mass is 298 g/mol. The highest BCUT2D eigenvalue weighted by Gasteiger charge is 2.16. The number of carboxylic acids is 1. The Labute approximate surface area is 129 Å². The molecular weight excluding hydrogens is 280 g/mol. The van der Waals surface area contributed by atoms with Crippen molar-refractivity contribution in [2.45, 2.75) is 20.8 Å². The first-order valence-corrected chi connectivity index (χ1v) is 6.93. The van der Waals surface area contributed by atoms with Crippen molar-refractivity contribution < 1.29 is 14.7 Å². The molecule has 0 saturated carbocycles. The molecule has 5 heteroatoms. The fourth-order valence-electron chi connectivity index (χ4n) is 2.30. The van der Waals surface area contributed by atoms with Crippen LogP contribution in [0.4, 0.5) is 0 Å². The van der Waals surface area contributed by atoms with Crippen molar-refractivity contribution in [2.24, 2.45) is 0 Å². The van der Waals surface area contributed by atoms with Crippen LogP contribution in [0.25, 0.3) is 11.3 Å². The number of aryl methyl sites for hydroxylation is 2. The van der Waals surface area contributed by atoms with E-state index in [-0.39, 0.29) is 0 Å². The van der Waals surface area contributed by atoms with Crippen molar-refractivity contribution in [1.82, 2.24) is 10.3 Å². The van der Waals surface area contributed by atoms with Crippen LogP contribution in [-0.2, 0) is 4.79 Å². The molecule has 5 nitrogen and oxygen atoms in total. The van der Waals surface area contributed by atoms with Gasteiger partial charge in [-0.1, -0.05) is 23.8 Å². The van der Waals surface area contributed by atoms with Crippen molar-refractivity contribution in [1.29, 1.82) is 0 Å². The number of pyridine rings is 1. The molecule has 0 aliphatic rings. The third kappa shape index (κ3) is 3.49. The molecule has 0 radical (unpaired) electrons. The molecule has 2 N–H and O–H groups in total. The first-order valence-electron chi connectivity index (χ1n) is 6.93. The average molecular weight is 298 g/mol. The second-order valence-corrected chi connectivity index (χ2v) is 5.23. The van der Waals surface area contributed by atoms with Crippen molar-refractivity contribution in [3.05, 3.63) is 52.7 Å². The summed E-state index contributed by atoms with van der Waals surface area (Å²) in [5, 5.41) is 11.1. The van der Waals surface area contributed by atoms with Crippen LogP contribution in [0.2, 0.25) is 0 Å². The number of aromatic nitrogens is 1. The first-order chi connectivity index (χ1) is 10.4. The lowest BCUT2D eigenvalue weighted by atomic mass is 9.99. The average Bonchev–Trinajstić information content (AvgIpc) is 2.46. The maximum Gasteiger partial charge on any atom is 0.322 e. The zero-order valence-corrected chi connectivity index (χ0v) is 12.8. The molecule has 1 aromatic heterocycles. The van der Waals surface area contributed by atoms with Crippen LogP contribution >= 0.6 is 0 Å². The molecular formula is C17H18N2O3. The molecule has 1 amide bonds. The highest BCUT2D eigenvalue weighted by Crippen LogP contribution is 2.25. The molecule has 1 aromatic carbocycles. The summed E-state index contributed by atoms with van der Waals surface area (Å²) in [6.07, 6.45) is 0. The highest BCUT2D eigenvalue weighted by molar-refractivity contribution is 5.98. The standard InChI is InChI=1S/C17H18N2O3/c1-10-5-4-6-13(7-10)16-12(3)14(8-11(2)19-16)17(22)18-9-15(20)21/h4-8H,9H2,1-3H3,(H,18,22)(H,20,21). The van der Waals surface area contributed by atoms with Crippen molar-refractivity contribution in [3.63, 3.8) is 0 Å². The van der Waals surface area contributed by atoms with Gasteiger partial charge in [0.15, 0.2) is 0 Å². The Morgan fingerprint density at radius 3 is 2.55 bits per heavy atom. The number of hydrogen-bond donors (Lipinski definition) is 2. The molecule has 0 spiro atoms. The number of rotatable bonds is 4. The number of amides is 1. The third-order valence-corrected chi connectivity index (χ3v) is 3.34. The van der Waals surface area contributed by atoms with Crippen LogP contribution in [-0.4, -0.2) is 28.5 Å². The Morgan fingerprint density at radius 2 is 1.91 bits per heavy atom. The number of aliphatic carboxylic acids is 1. The van der Waals surface area contributed by atoms with E-state index >= 15 is 0 Å². The molecule has 0 bridgehead atoms. The van der Waals surface area contributed by atoms with Crippen molar-refractivity contribution in [2.75, 3.05) is 6.54 Å². The summed E-state index contributed by atoms with van der Waals surface area (Å²) in [7, 11) is 0. The van der Waals surface area contributed by atoms with Crippen LogP contribution in [0, 0.1) is 20.8 Å². The molecule has 0 aliphatic carbocycles. The smallest absolute Gasteiger partial charge is 0.322 e. The summed E-state index contributed by atoms with van der Waals surface area (Å²) in [5.74, 6) is -1.48. The second-order valence-electron chi connectivity index (χ2n) is 5.23. The predicted molar refractivity (Wildman–Crippen MR) is 83.9 cm³/mol.